The van der Waals surface area contributed by atoms with Gasteiger partial charge in [-0.05, 0) is 35.0 Å². The third-order valence-corrected chi connectivity index (χ3v) is 2.46. The monoisotopic (exact) mass is 295 g/mol. The fraction of sp³-hybridized carbons (Fsp3) is 0.182. The largest absolute Gasteiger partial charge is 0.444 e. The van der Waals surface area contributed by atoms with Crippen molar-refractivity contribution < 1.29 is 9.21 Å². The van der Waals surface area contributed by atoms with E-state index in [0.29, 0.717) is 16.2 Å². The third kappa shape index (κ3) is 3.13. The van der Waals surface area contributed by atoms with Gasteiger partial charge in [0.05, 0.1) is 12.7 Å². The maximum absolute atomic E-state index is 11.7. The lowest BCUT2D eigenvalue weighted by Gasteiger charge is -2.02. The molecule has 0 unspecified atom stereocenters. The summed E-state index contributed by atoms with van der Waals surface area (Å²) in [6.07, 6.45) is 1.61. The summed E-state index contributed by atoms with van der Waals surface area (Å²) in [5.74, 6) is 0.933. The minimum Gasteiger partial charge on any atom is -0.444 e. The van der Waals surface area contributed by atoms with E-state index in [2.05, 4.69) is 31.2 Å². The van der Waals surface area contributed by atoms with Crippen LogP contribution in [0.5, 0.6) is 0 Å². The van der Waals surface area contributed by atoms with Crippen LogP contribution in [0.2, 0.25) is 0 Å². The van der Waals surface area contributed by atoms with Crippen molar-refractivity contribution in [3.63, 3.8) is 0 Å². The van der Waals surface area contributed by atoms with Gasteiger partial charge in [-0.1, -0.05) is 6.07 Å². The first-order valence-electron chi connectivity index (χ1n) is 4.97. The van der Waals surface area contributed by atoms with E-state index in [-0.39, 0.29) is 12.5 Å². The lowest BCUT2D eigenvalue weighted by molar-refractivity contribution is 0.0942. The van der Waals surface area contributed by atoms with E-state index in [4.69, 9.17) is 4.42 Å². The predicted molar refractivity (Wildman–Crippen MR) is 64.3 cm³/mol. The summed E-state index contributed by atoms with van der Waals surface area (Å²) in [5, 5.41) is 2.68. The van der Waals surface area contributed by atoms with Gasteiger partial charge in [-0.25, -0.2) is 9.97 Å². The van der Waals surface area contributed by atoms with Crippen molar-refractivity contribution in [1.82, 2.24) is 15.3 Å². The molecule has 2 rings (SSSR count). The number of rotatable bonds is 3. The zero-order valence-corrected chi connectivity index (χ0v) is 10.7. The predicted octanol–water partition coefficient (Wildman–Crippen LogP) is 2.07. The molecule has 0 aliphatic carbocycles. The van der Waals surface area contributed by atoms with Gasteiger partial charge in [-0.15, -0.1) is 0 Å². The Morgan fingerprint density at radius 3 is 3.00 bits per heavy atom. The SMILES string of the molecule is Cc1cnc(CNC(=O)c2cccc(Br)n2)o1. The molecule has 1 N–H and O–H groups in total. The number of carbonyl (C=O) groups is 1. The Labute approximate surface area is 106 Å². The van der Waals surface area contributed by atoms with E-state index >= 15 is 0 Å². The third-order valence-electron chi connectivity index (χ3n) is 2.02. The number of aryl methyl sites for hydroxylation is 1. The van der Waals surface area contributed by atoms with Crippen LogP contribution >= 0.6 is 15.9 Å². The van der Waals surface area contributed by atoms with Crippen LogP contribution in [-0.4, -0.2) is 15.9 Å². The highest BCUT2D eigenvalue weighted by atomic mass is 79.9. The van der Waals surface area contributed by atoms with Gasteiger partial charge in [-0.2, -0.15) is 0 Å². The summed E-state index contributed by atoms with van der Waals surface area (Å²) in [6, 6.07) is 5.15. The summed E-state index contributed by atoms with van der Waals surface area (Å²) in [4.78, 5) is 19.7. The van der Waals surface area contributed by atoms with E-state index in [1.54, 1.807) is 31.3 Å². The Kier molecular flexibility index (Phi) is 3.53. The van der Waals surface area contributed by atoms with Crippen molar-refractivity contribution in [2.24, 2.45) is 0 Å². The Morgan fingerprint density at radius 1 is 1.53 bits per heavy atom. The summed E-state index contributed by atoms with van der Waals surface area (Å²) in [5.41, 5.74) is 0.350. The van der Waals surface area contributed by atoms with Gasteiger partial charge in [0.2, 0.25) is 5.89 Å². The maximum Gasteiger partial charge on any atom is 0.270 e. The smallest absolute Gasteiger partial charge is 0.270 e. The van der Waals surface area contributed by atoms with E-state index in [1.807, 2.05) is 0 Å². The van der Waals surface area contributed by atoms with Crippen LogP contribution in [0.1, 0.15) is 22.1 Å². The van der Waals surface area contributed by atoms with Gasteiger partial charge in [0.15, 0.2) is 0 Å². The first-order valence-corrected chi connectivity index (χ1v) is 5.76. The molecule has 0 bridgehead atoms. The van der Waals surface area contributed by atoms with E-state index < -0.39 is 0 Å². The molecule has 88 valence electrons. The van der Waals surface area contributed by atoms with Gasteiger partial charge in [0.1, 0.15) is 16.1 Å². The molecule has 0 atom stereocenters. The van der Waals surface area contributed by atoms with Crippen LogP contribution in [0.15, 0.2) is 33.4 Å². The number of pyridine rings is 1. The Bertz CT molecular complexity index is 539. The van der Waals surface area contributed by atoms with Gasteiger partial charge < -0.3 is 9.73 Å². The first-order chi connectivity index (χ1) is 8.15. The fourth-order valence-electron chi connectivity index (χ4n) is 1.26. The number of carbonyl (C=O) groups excluding carboxylic acids is 1. The number of hydrogen-bond acceptors (Lipinski definition) is 4. The number of amides is 1. The van der Waals surface area contributed by atoms with Crippen molar-refractivity contribution in [1.29, 1.82) is 0 Å². The molecule has 6 heteroatoms. The topological polar surface area (TPSA) is 68.0 Å². The summed E-state index contributed by atoms with van der Waals surface area (Å²) in [7, 11) is 0. The number of aromatic nitrogens is 2. The molecule has 2 aromatic heterocycles. The Balaban J connectivity index is 1.98. The maximum atomic E-state index is 11.7. The van der Waals surface area contributed by atoms with Crippen molar-refractivity contribution in [3.05, 3.63) is 46.3 Å². The van der Waals surface area contributed by atoms with E-state index in [1.165, 1.54) is 0 Å². The van der Waals surface area contributed by atoms with E-state index in [0.717, 1.165) is 5.76 Å². The van der Waals surface area contributed by atoms with Gasteiger partial charge >= 0.3 is 0 Å². The van der Waals surface area contributed by atoms with E-state index in [9.17, 15) is 4.79 Å². The first kappa shape index (κ1) is 11.8. The van der Waals surface area contributed by atoms with Crippen LogP contribution in [0.25, 0.3) is 0 Å². The lowest BCUT2D eigenvalue weighted by Crippen LogP contribution is -2.23. The number of oxazole rings is 1. The molecule has 1 amide bonds. The second kappa shape index (κ2) is 5.09. The zero-order chi connectivity index (χ0) is 12.3. The van der Waals surface area contributed by atoms with Crippen molar-refractivity contribution in [2.45, 2.75) is 13.5 Å². The highest BCUT2D eigenvalue weighted by molar-refractivity contribution is 9.10. The van der Waals surface area contributed by atoms with Gasteiger partial charge in [-0.3, -0.25) is 4.79 Å². The second-order valence-corrected chi connectivity index (χ2v) is 4.21. The average Bonchev–Trinajstić information content (AvgIpc) is 2.72. The molecule has 0 spiro atoms. The fourth-order valence-corrected chi connectivity index (χ4v) is 1.61. The summed E-state index contributed by atoms with van der Waals surface area (Å²) >= 11 is 3.21. The van der Waals surface area contributed by atoms with Crippen LogP contribution < -0.4 is 5.32 Å². The molecule has 5 nitrogen and oxygen atoms in total. The second-order valence-electron chi connectivity index (χ2n) is 3.39. The zero-order valence-electron chi connectivity index (χ0n) is 9.11. The molecule has 0 aromatic carbocycles. The average molecular weight is 296 g/mol. The van der Waals surface area contributed by atoms with Crippen molar-refractivity contribution >= 4 is 21.8 Å². The lowest BCUT2D eigenvalue weighted by atomic mass is 10.3. The molecule has 0 aliphatic rings. The molecular weight excluding hydrogens is 286 g/mol. The molecule has 17 heavy (non-hydrogen) atoms. The van der Waals surface area contributed by atoms with Gasteiger partial charge in [0, 0.05) is 0 Å². The van der Waals surface area contributed by atoms with Crippen LogP contribution in [0.4, 0.5) is 0 Å². The van der Waals surface area contributed by atoms with Crippen LogP contribution in [0, 0.1) is 6.92 Å². The standard InChI is InChI=1S/C11H10BrN3O2/c1-7-5-13-10(17-7)6-14-11(16)8-3-2-4-9(12)15-8/h2-5H,6H2,1H3,(H,14,16). The molecule has 0 radical (unpaired) electrons. The molecular formula is C11H10BrN3O2. The molecule has 0 saturated heterocycles. The minimum atomic E-state index is -0.262. The van der Waals surface area contributed by atoms with Gasteiger partial charge in [0.25, 0.3) is 5.91 Å². The number of nitrogens with one attached hydrogen (secondary N) is 1. The molecule has 0 aliphatic heterocycles. The molecule has 0 saturated carbocycles. The number of halogens is 1. The normalized spacial score (nSPS) is 10.2. The van der Waals surface area contributed by atoms with Crippen molar-refractivity contribution in [2.75, 3.05) is 0 Å². The number of hydrogen-bond donors (Lipinski definition) is 1. The Morgan fingerprint density at radius 2 is 2.35 bits per heavy atom. The summed E-state index contributed by atoms with van der Waals surface area (Å²) in [6.45, 7) is 2.05. The summed E-state index contributed by atoms with van der Waals surface area (Å²) < 4.78 is 5.86. The number of nitrogens with zero attached hydrogens (tertiary/aromatic N) is 2. The Hall–Kier alpha value is -1.69. The molecule has 2 aromatic rings. The minimum absolute atomic E-state index is 0.251. The van der Waals surface area contributed by atoms with Crippen LogP contribution in [0.3, 0.4) is 0 Å². The van der Waals surface area contributed by atoms with Crippen molar-refractivity contribution in [3.8, 4) is 0 Å². The highest BCUT2D eigenvalue weighted by Gasteiger charge is 2.08. The van der Waals surface area contributed by atoms with Crippen LogP contribution in [-0.2, 0) is 6.54 Å². The molecule has 0 fully saturated rings. The quantitative estimate of drug-likeness (QED) is 0.880. The molecule has 2 heterocycles. The highest BCUT2D eigenvalue weighted by Crippen LogP contribution is 2.06.